The highest BCUT2D eigenvalue weighted by Crippen LogP contribution is 2.33. The van der Waals surface area contributed by atoms with Gasteiger partial charge in [-0.05, 0) is 29.2 Å². The molecule has 1 aliphatic heterocycles. The summed E-state index contributed by atoms with van der Waals surface area (Å²) in [6.07, 6.45) is 0.484. The lowest BCUT2D eigenvalue weighted by Gasteiger charge is -2.24. The van der Waals surface area contributed by atoms with Crippen LogP contribution < -0.4 is 10.5 Å². The summed E-state index contributed by atoms with van der Waals surface area (Å²) >= 11 is 5.83. The molecule has 3 rings (SSSR count). The summed E-state index contributed by atoms with van der Waals surface area (Å²) in [4.78, 5) is 25.4. The van der Waals surface area contributed by atoms with Crippen LogP contribution in [0.15, 0.2) is 42.5 Å². The van der Waals surface area contributed by atoms with E-state index in [1.807, 2.05) is 47.4 Å². The van der Waals surface area contributed by atoms with E-state index >= 15 is 0 Å². The normalized spacial score (nSPS) is 14.3. The number of ether oxygens (including phenoxy) is 2. The van der Waals surface area contributed by atoms with Gasteiger partial charge in [0.2, 0.25) is 5.91 Å². The first-order valence-corrected chi connectivity index (χ1v) is 10.0. The molecule has 0 spiro atoms. The number of nitrogens with two attached hydrogens (primary N) is 1. The summed E-state index contributed by atoms with van der Waals surface area (Å²) in [6.45, 7) is 1.58. The average molecular weight is 417 g/mol. The van der Waals surface area contributed by atoms with Crippen molar-refractivity contribution in [2.24, 2.45) is 5.73 Å². The number of amides is 1. The van der Waals surface area contributed by atoms with E-state index in [-0.39, 0.29) is 12.4 Å². The van der Waals surface area contributed by atoms with Gasteiger partial charge in [0, 0.05) is 31.0 Å². The highest BCUT2D eigenvalue weighted by Gasteiger charge is 2.31. The van der Waals surface area contributed by atoms with Crippen LogP contribution >= 0.6 is 11.6 Å². The van der Waals surface area contributed by atoms with Crippen molar-refractivity contribution >= 4 is 23.5 Å². The van der Waals surface area contributed by atoms with Gasteiger partial charge in [-0.25, -0.2) is 0 Å². The minimum absolute atomic E-state index is 0.151. The van der Waals surface area contributed by atoms with Crippen molar-refractivity contribution in [1.82, 2.24) is 4.90 Å². The molecule has 7 heteroatoms. The zero-order valence-corrected chi connectivity index (χ0v) is 17.2. The number of carbonyl (C=O) groups is 2. The summed E-state index contributed by atoms with van der Waals surface area (Å²) in [5.74, 6) is 0.489. The number of halogens is 1. The van der Waals surface area contributed by atoms with Crippen LogP contribution in [0.3, 0.4) is 0 Å². The summed E-state index contributed by atoms with van der Waals surface area (Å²) in [5, 5.41) is 0. The van der Waals surface area contributed by atoms with Crippen molar-refractivity contribution in [3.8, 4) is 5.75 Å². The molecule has 1 atom stereocenters. The Bertz CT molecular complexity index is 870. The smallest absolute Gasteiger partial charge is 0.305 e. The third-order valence-corrected chi connectivity index (χ3v) is 5.46. The molecule has 2 aromatic rings. The first kappa shape index (κ1) is 21.1. The third-order valence-electron chi connectivity index (χ3n) is 5.16. The fraction of sp³-hybridized carbons (Fsp3) is 0.364. The van der Waals surface area contributed by atoms with Gasteiger partial charge >= 0.3 is 5.97 Å². The van der Waals surface area contributed by atoms with Gasteiger partial charge < -0.3 is 15.2 Å². The Morgan fingerprint density at radius 1 is 1.14 bits per heavy atom. The Hall–Kier alpha value is -2.57. The van der Waals surface area contributed by atoms with Gasteiger partial charge in [-0.15, -0.1) is 11.6 Å². The van der Waals surface area contributed by atoms with Crippen molar-refractivity contribution in [1.29, 1.82) is 0 Å². The number of methoxy groups -OCH3 is 1. The van der Waals surface area contributed by atoms with Gasteiger partial charge in [-0.2, -0.15) is 0 Å². The zero-order valence-electron chi connectivity index (χ0n) is 16.4. The molecule has 6 nitrogen and oxygen atoms in total. The van der Waals surface area contributed by atoms with E-state index < -0.39 is 11.9 Å². The fourth-order valence-corrected chi connectivity index (χ4v) is 3.70. The highest BCUT2D eigenvalue weighted by atomic mass is 35.5. The van der Waals surface area contributed by atoms with E-state index in [4.69, 9.17) is 22.1 Å². The van der Waals surface area contributed by atoms with Crippen LogP contribution in [0.25, 0.3) is 0 Å². The molecule has 2 aromatic carbocycles. The van der Waals surface area contributed by atoms with Gasteiger partial charge in [-0.3, -0.25) is 14.5 Å². The number of primary amides is 1. The number of nitrogens with zero attached hydrogens (tertiary/aromatic N) is 1. The van der Waals surface area contributed by atoms with Gasteiger partial charge in [0.25, 0.3) is 0 Å². The number of carbonyl (C=O) groups excluding carboxylic acids is 2. The molecule has 0 bridgehead atoms. The molecule has 0 radical (unpaired) electrons. The number of rotatable bonds is 9. The molecular formula is C22H25ClN2O4. The molecule has 1 aliphatic rings. The van der Waals surface area contributed by atoms with Gasteiger partial charge in [0.05, 0.1) is 13.2 Å². The van der Waals surface area contributed by atoms with Gasteiger partial charge in [0.15, 0.2) is 0 Å². The van der Waals surface area contributed by atoms with Crippen molar-refractivity contribution in [3.05, 3.63) is 64.7 Å². The standard InChI is InChI=1S/C22H25ClN2O4/c1-28-21(26)10-9-19(22(24)27)25-12-17-3-2-4-20(18(17)13-25)29-14-16-7-5-15(11-23)6-8-16/h2-8,19H,9-14H2,1H3,(H2,24,27). The molecule has 1 unspecified atom stereocenters. The minimum Gasteiger partial charge on any atom is -0.489 e. The highest BCUT2D eigenvalue weighted by molar-refractivity contribution is 6.17. The second-order valence-corrected chi connectivity index (χ2v) is 7.34. The van der Waals surface area contributed by atoms with Gasteiger partial charge in [0.1, 0.15) is 12.4 Å². The van der Waals surface area contributed by atoms with Crippen molar-refractivity contribution in [3.63, 3.8) is 0 Å². The molecule has 1 heterocycles. The minimum atomic E-state index is -0.530. The first-order valence-electron chi connectivity index (χ1n) is 9.49. The summed E-state index contributed by atoms with van der Waals surface area (Å²) in [6, 6.07) is 13.4. The SMILES string of the molecule is COC(=O)CCC(C(N)=O)N1Cc2cccc(OCc3ccc(CCl)cc3)c2C1. The fourth-order valence-electron chi connectivity index (χ4n) is 3.52. The van der Waals surface area contributed by atoms with Crippen LogP contribution in [0.5, 0.6) is 5.75 Å². The molecule has 0 aromatic heterocycles. The summed E-state index contributed by atoms with van der Waals surface area (Å²) in [5.41, 5.74) is 9.87. The molecule has 1 amide bonds. The van der Waals surface area contributed by atoms with Crippen LogP contribution in [0.4, 0.5) is 0 Å². The van der Waals surface area contributed by atoms with E-state index in [1.165, 1.54) is 7.11 Å². The van der Waals surface area contributed by atoms with E-state index in [0.29, 0.717) is 32.0 Å². The van der Waals surface area contributed by atoms with Crippen molar-refractivity contribution in [2.45, 2.75) is 44.5 Å². The lowest BCUT2D eigenvalue weighted by molar-refractivity contribution is -0.141. The number of benzene rings is 2. The number of esters is 1. The zero-order chi connectivity index (χ0) is 20.8. The Kier molecular flexibility index (Phi) is 7.12. The molecule has 0 saturated heterocycles. The quantitative estimate of drug-likeness (QED) is 0.501. The van der Waals surface area contributed by atoms with Crippen LogP contribution in [-0.4, -0.2) is 29.9 Å². The topological polar surface area (TPSA) is 81.9 Å². The monoisotopic (exact) mass is 416 g/mol. The molecule has 154 valence electrons. The Morgan fingerprint density at radius 3 is 2.52 bits per heavy atom. The predicted octanol–water partition coefficient (Wildman–Crippen LogP) is 3.13. The number of hydrogen-bond donors (Lipinski definition) is 1. The van der Waals surface area contributed by atoms with Crippen LogP contribution in [-0.2, 0) is 39.9 Å². The maximum Gasteiger partial charge on any atom is 0.305 e. The number of fused-ring (bicyclic) bond motifs is 1. The molecule has 0 aliphatic carbocycles. The Morgan fingerprint density at radius 2 is 1.86 bits per heavy atom. The van der Waals surface area contributed by atoms with E-state index in [2.05, 4.69) is 4.74 Å². The van der Waals surface area contributed by atoms with Crippen LogP contribution in [0.1, 0.15) is 35.1 Å². The van der Waals surface area contributed by atoms with E-state index in [9.17, 15) is 9.59 Å². The largest absolute Gasteiger partial charge is 0.489 e. The van der Waals surface area contributed by atoms with Crippen molar-refractivity contribution in [2.75, 3.05) is 7.11 Å². The summed E-state index contributed by atoms with van der Waals surface area (Å²) < 4.78 is 10.7. The van der Waals surface area contributed by atoms with Gasteiger partial charge in [-0.1, -0.05) is 36.4 Å². The lowest BCUT2D eigenvalue weighted by atomic mass is 10.1. The lowest BCUT2D eigenvalue weighted by Crippen LogP contribution is -2.42. The molecule has 0 fully saturated rings. The summed E-state index contributed by atoms with van der Waals surface area (Å²) in [7, 11) is 1.33. The number of alkyl halides is 1. The number of hydrogen-bond acceptors (Lipinski definition) is 5. The van der Waals surface area contributed by atoms with E-state index in [0.717, 1.165) is 28.0 Å². The molecule has 2 N–H and O–H groups in total. The second-order valence-electron chi connectivity index (χ2n) is 7.07. The average Bonchev–Trinajstić information content (AvgIpc) is 3.16. The van der Waals surface area contributed by atoms with Crippen molar-refractivity contribution < 1.29 is 19.1 Å². The van der Waals surface area contributed by atoms with Crippen LogP contribution in [0, 0.1) is 0 Å². The van der Waals surface area contributed by atoms with Crippen LogP contribution in [0.2, 0.25) is 0 Å². The first-order chi connectivity index (χ1) is 14.0. The molecule has 0 saturated carbocycles. The Labute approximate surface area is 175 Å². The second kappa shape index (κ2) is 9.76. The molecule has 29 heavy (non-hydrogen) atoms. The Balaban J connectivity index is 1.68. The molecular weight excluding hydrogens is 392 g/mol. The third kappa shape index (κ3) is 5.28. The maximum absolute atomic E-state index is 12.0. The van der Waals surface area contributed by atoms with E-state index in [1.54, 1.807) is 0 Å². The maximum atomic E-state index is 12.0. The predicted molar refractivity (Wildman–Crippen MR) is 110 cm³/mol.